The molecule has 2 aromatic carbocycles. The van der Waals surface area contributed by atoms with Gasteiger partial charge in [0.05, 0.1) is 11.0 Å². The Kier molecular flexibility index (Phi) is 4.67. The molecule has 0 spiro atoms. The second-order valence-corrected chi connectivity index (χ2v) is 4.47. The molecule has 0 heterocycles. The number of nitroso groups, excluding NO2 is 1. The topological polar surface area (TPSA) is 32.7 Å². The third kappa shape index (κ3) is 3.41. The van der Waals surface area contributed by atoms with Gasteiger partial charge in [0.1, 0.15) is 0 Å². The zero-order chi connectivity index (χ0) is 13.5. The lowest BCUT2D eigenvalue weighted by molar-refractivity contribution is 0.736. The molecule has 0 fully saturated rings. The van der Waals surface area contributed by atoms with E-state index in [0.29, 0.717) is 6.54 Å². The van der Waals surface area contributed by atoms with Gasteiger partial charge in [0.2, 0.25) is 0 Å². The summed E-state index contributed by atoms with van der Waals surface area (Å²) < 4.78 is 0. The van der Waals surface area contributed by atoms with Gasteiger partial charge in [-0.05, 0) is 29.7 Å². The molecule has 0 unspecified atom stereocenters. The molecule has 0 amide bonds. The Balaban J connectivity index is 2.15. The Morgan fingerprint density at radius 2 is 1.58 bits per heavy atom. The van der Waals surface area contributed by atoms with E-state index in [2.05, 4.69) is 24.3 Å². The summed E-state index contributed by atoms with van der Waals surface area (Å²) in [5, 5.41) is 4.59. The molecule has 0 atom stereocenters. The summed E-state index contributed by atoms with van der Waals surface area (Å²) in [7, 11) is 0. The zero-order valence-electron chi connectivity index (χ0n) is 11.1. The van der Waals surface area contributed by atoms with Crippen LogP contribution in [0.2, 0.25) is 0 Å². The Bertz CT molecular complexity index is 508. The molecule has 0 N–H and O–H groups in total. The molecule has 0 aromatic heterocycles. The molecule has 2 rings (SSSR count). The van der Waals surface area contributed by atoms with E-state index < -0.39 is 0 Å². The first kappa shape index (κ1) is 13.3. The van der Waals surface area contributed by atoms with Crippen LogP contribution < -0.4 is 5.01 Å². The predicted molar refractivity (Wildman–Crippen MR) is 79.9 cm³/mol. The van der Waals surface area contributed by atoms with Crippen LogP contribution in [-0.4, -0.2) is 6.54 Å². The van der Waals surface area contributed by atoms with Gasteiger partial charge in [-0.25, -0.2) is 5.01 Å². The summed E-state index contributed by atoms with van der Waals surface area (Å²) >= 11 is 0. The Hall–Kier alpha value is -2.16. The zero-order valence-corrected chi connectivity index (χ0v) is 11.1. The van der Waals surface area contributed by atoms with Crippen molar-refractivity contribution in [2.45, 2.75) is 19.8 Å². The largest absolute Gasteiger partial charge is 0.229 e. The van der Waals surface area contributed by atoms with Gasteiger partial charge in [-0.2, -0.15) is 0 Å². The van der Waals surface area contributed by atoms with Gasteiger partial charge in [0.25, 0.3) is 0 Å². The normalized spacial score (nSPS) is 10.2. The van der Waals surface area contributed by atoms with Crippen molar-refractivity contribution >= 4 is 5.69 Å². The summed E-state index contributed by atoms with van der Waals surface area (Å²) in [6.45, 7) is 2.77. The summed E-state index contributed by atoms with van der Waals surface area (Å²) in [6.07, 6.45) is 2.01. The number of hydrogen-bond acceptors (Lipinski definition) is 2. The van der Waals surface area contributed by atoms with E-state index in [-0.39, 0.29) is 0 Å². The number of hydrogen-bond donors (Lipinski definition) is 0. The third-order valence-electron chi connectivity index (χ3n) is 3.09. The average molecular weight is 254 g/mol. The van der Waals surface area contributed by atoms with Crippen LogP contribution in [0, 0.1) is 4.91 Å². The molecule has 3 heteroatoms. The number of nitrogens with zero attached hydrogens (tertiary/aromatic N) is 2. The highest BCUT2D eigenvalue weighted by atomic mass is 16.3. The van der Waals surface area contributed by atoms with E-state index in [1.165, 1.54) is 10.6 Å². The second kappa shape index (κ2) is 6.69. The summed E-state index contributed by atoms with van der Waals surface area (Å²) in [6, 6.07) is 18.1. The lowest BCUT2D eigenvalue weighted by atomic mass is 10.1. The molecule has 0 radical (unpaired) electrons. The smallest absolute Gasteiger partial charge is 0.0626 e. The summed E-state index contributed by atoms with van der Waals surface area (Å²) in [5.74, 6) is 0. The van der Waals surface area contributed by atoms with Crippen LogP contribution in [0.25, 0.3) is 11.1 Å². The van der Waals surface area contributed by atoms with Crippen molar-refractivity contribution in [1.82, 2.24) is 0 Å². The van der Waals surface area contributed by atoms with Gasteiger partial charge in [-0.3, -0.25) is 0 Å². The molecule has 98 valence electrons. The van der Waals surface area contributed by atoms with Crippen LogP contribution in [0.5, 0.6) is 0 Å². The Labute approximate surface area is 113 Å². The average Bonchev–Trinajstić information content (AvgIpc) is 2.49. The highest BCUT2D eigenvalue weighted by molar-refractivity contribution is 5.66. The second-order valence-electron chi connectivity index (χ2n) is 4.47. The lowest BCUT2D eigenvalue weighted by Crippen LogP contribution is -2.16. The molecule has 0 aliphatic carbocycles. The lowest BCUT2D eigenvalue weighted by Gasteiger charge is -2.15. The first-order valence-corrected chi connectivity index (χ1v) is 6.61. The number of rotatable bonds is 6. The van der Waals surface area contributed by atoms with Crippen molar-refractivity contribution < 1.29 is 0 Å². The molecule has 0 saturated heterocycles. The molecule has 2 aromatic rings. The van der Waals surface area contributed by atoms with Crippen molar-refractivity contribution in [3.63, 3.8) is 0 Å². The van der Waals surface area contributed by atoms with E-state index in [1.807, 2.05) is 42.5 Å². The monoisotopic (exact) mass is 254 g/mol. The standard InChI is InChI=1S/C16H18N2O/c1-2-3-13-18(17-19)16-11-9-15(10-12-16)14-7-5-4-6-8-14/h4-12H,2-3,13H2,1H3. The molecular weight excluding hydrogens is 236 g/mol. The highest BCUT2D eigenvalue weighted by Crippen LogP contribution is 2.23. The fraction of sp³-hybridized carbons (Fsp3) is 0.250. The minimum atomic E-state index is 0.671. The minimum Gasteiger partial charge on any atom is -0.229 e. The van der Waals surface area contributed by atoms with E-state index in [1.54, 1.807) is 0 Å². The maximum absolute atomic E-state index is 10.8. The maximum Gasteiger partial charge on any atom is 0.0626 e. The molecule has 0 saturated carbocycles. The van der Waals surface area contributed by atoms with Gasteiger partial charge in [0.15, 0.2) is 0 Å². The van der Waals surface area contributed by atoms with Crippen LogP contribution in [0.4, 0.5) is 5.69 Å². The van der Waals surface area contributed by atoms with E-state index >= 15 is 0 Å². The van der Waals surface area contributed by atoms with Gasteiger partial charge in [0, 0.05) is 6.54 Å². The van der Waals surface area contributed by atoms with Crippen molar-refractivity contribution in [3.8, 4) is 11.1 Å². The summed E-state index contributed by atoms with van der Waals surface area (Å²) in [4.78, 5) is 10.8. The van der Waals surface area contributed by atoms with Gasteiger partial charge < -0.3 is 0 Å². The molecule has 0 aliphatic heterocycles. The molecule has 3 nitrogen and oxygen atoms in total. The fourth-order valence-electron chi connectivity index (χ4n) is 1.98. The SMILES string of the molecule is CCCCN(N=O)c1ccc(-c2ccccc2)cc1. The van der Waals surface area contributed by atoms with Crippen molar-refractivity contribution in [1.29, 1.82) is 0 Å². The number of unbranched alkanes of at least 4 members (excludes halogenated alkanes) is 1. The highest BCUT2D eigenvalue weighted by Gasteiger charge is 2.06. The Morgan fingerprint density at radius 1 is 0.947 bits per heavy atom. The van der Waals surface area contributed by atoms with Gasteiger partial charge >= 0.3 is 0 Å². The quantitative estimate of drug-likeness (QED) is 0.555. The summed E-state index contributed by atoms with van der Waals surface area (Å²) in [5.41, 5.74) is 3.17. The first-order chi connectivity index (χ1) is 9.35. The van der Waals surface area contributed by atoms with Crippen LogP contribution in [0.3, 0.4) is 0 Å². The fourth-order valence-corrected chi connectivity index (χ4v) is 1.98. The van der Waals surface area contributed by atoms with Gasteiger partial charge in [-0.1, -0.05) is 55.8 Å². The molecule has 0 bridgehead atoms. The minimum absolute atomic E-state index is 0.671. The Morgan fingerprint density at radius 3 is 2.16 bits per heavy atom. The van der Waals surface area contributed by atoms with Crippen molar-refractivity contribution in [2.24, 2.45) is 5.29 Å². The van der Waals surface area contributed by atoms with Crippen molar-refractivity contribution in [3.05, 3.63) is 59.5 Å². The first-order valence-electron chi connectivity index (χ1n) is 6.61. The number of anilines is 1. The van der Waals surface area contributed by atoms with Crippen LogP contribution in [0.15, 0.2) is 59.9 Å². The van der Waals surface area contributed by atoms with Crippen molar-refractivity contribution in [2.75, 3.05) is 11.6 Å². The van der Waals surface area contributed by atoms with E-state index in [4.69, 9.17) is 0 Å². The molecule has 19 heavy (non-hydrogen) atoms. The van der Waals surface area contributed by atoms with E-state index in [9.17, 15) is 4.91 Å². The predicted octanol–water partition coefficient (Wildman–Crippen LogP) is 4.64. The molecule has 0 aliphatic rings. The van der Waals surface area contributed by atoms with Crippen LogP contribution in [0.1, 0.15) is 19.8 Å². The van der Waals surface area contributed by atoms with Crippen LogP contribution in [-0.2, 0) is 0 Å². The third-order valence-corrected chi connectivity index (χ3v) is 3.09. The molecular formula is C16H18N2O. The van der Waals surface area contributed by atoms with E-state index in [0.717, 1.165) is 24.1 Å². The number of benzene rings is 2. The van der Waals surface area contributed by atoms with Gasteiger partial charge in [-0.15, -0.1) is 4.91 Å². The maximum atomic E-state index is 10.8. The van der Waals surface area contributed by atoms with Crippen LogP contribution >= 0.6 is 0 Å².